The van der Waals surface area contributed by atoms with Crippen LogP contribution in [0.5, 0.6) is 5.75 Å². The number of nitrogens with two attached hydrogens (primary N) is 1. The van der Waals surface area contributed by atoms with Crippen molar-refractivity contribution in [3.63, 3.8) is 0 Å². The Morgan fingerprint density at radius 1 is 1.14 bits per heavy atom. The highest BCUT2D eigenvalue weighted by molar-refractivity contribution is 6.02. The van der Waals surface area contributed by atoms with Crippen LogP contribution in [0.2, 0.25) is 0 Å². The minimum absolute atomic E-state index is 0.197. The normalized spacial score (nSPS) is 12.1. The maximum atomic E-state index is 12.5. The molecule has 0 atom stereocenters. The van der Waals surface area contributed by atoms with Gasteiger partial charge in [0, 0.05) is 62.0 Å². The van der Waals surface area contributed by atoms with Gasteiger partial charge in [0.25, 0.3) is 0 Å². The number of fused-ring (bicyclic) bond motifs is 3. The number of para-hydroxylation sites is 1. The molecule has 0 spiro atoms. The average molecular weight is 703 g/mol. The first-order valence-corrected chi connectivity index (χ1v) is 16.2. The van der Waals surface area contributed by atoms with Gasteiger partial charge in [-0.3, -0.25) is 4.79 Å². The lowest BCUT2D eigenvalue weighted by Crippen LogP contribution is -2.41. The third-order valence-corrected chi connectivity index (χ3v) is 7.95. The molecule has 15 heteroatoms. The summed E-state index contributed by atoms with van der Waals surface area (Å²) >= 11 is 0. The van der Waals surface area contributed by atoms with Gasteiger partial charge < -0.3 is 50.1 Å². The highest BCUT2D eigenvalue weighted by Crippen LogP contribution is 2.39. The molecular weight excluding hydrogens is 656 g/mol. The minimum atomic E-state index is -0.982. The van der Waals surface area contributed by atoms with Gasteiger partial charge in [-0.05, 0) is 29.7 Å². The van der Waals surface area contributed by atoms with Crippen molar-refractivity contribution in [1.29, 1.82) is 0 Å². The van der Waals surface area contributed by atoms with Crippen LogP contribution in [0.3, 0.4) is 0 Å². The Kier molecular flexibility index (Phi) is 12.5. The zero-order valence-corrected chi connectivity index (χ0v) is 29.9. The van der Waals surface area contributed by atoms with E-state index in [4.69, 9.17) is 14.5 Å². The second kappa shape index (κ2) is 16.7. The number of carboxylic acid groups (broad SMARTS) is 1. The maximum Gasteiger partial charge on any atom is 0.407 e. The standard InChI is InChI=1S/C34H41N7O5.C2H5NO2/c1-7-30(42)36-24-18-25(29(45-6)19-27(24)39(5)14-15-40(33(43)44)21-34(2,3)4)38-32-35-13-12-23(37-32)31-22-10-8-9-11-26(22)41-16-17-46-20-28(31)41;1-5-2(3)4/h7-13,18-19H,1,14-17,20-21H2,2-6H3,(H,36,42)(H,43,44)(H,35,37,38);1H3,(H2,3,4). The van der Waals surface area contributed by atoms with Crippen molar-refractivity contribution in [3.05, 3.63) is 67.0 Å². The third-order valence-electron chi connectivity index (χ3n) is 7.95. The highest BCUT2D eigenvalue weighted by Gasteiger charge is 2.24. The van der Waals surface area contributed by atoms with Gasteiger partial charge in [0.1, 0.15) is 5.75 Å². The molecule has 3 amide bonds. The number of amides is 3. The largest absolute Gasteiger partial charge is 0.494 e. The van der Waals surface area contributed by atoms with Crippen molar-refractivity contribution in [1.82, 2.24) is 19.4 Å². The van der Waals surface area contributed by atoms with Crippen LogP contribution in [-0.2, 0) is 27.4 Å². The van der Waals surface area contributed by atoms with Crippen molar-refractivity contribution in [2.75, 3.05) is 63.0 Å². The van der Waals surface area contributed by atoms with E-state index < -0.39 is 18.1 Å². The minimum Gasteiger partial charge on any atom is -0.494 e. The topological polar surface area (TPSA) is 186 Å². The number of anilines is 4. The monoisotopic (exact) mass is 702 g/mol. The lowest BCUT2D eigenvalue weighted by atomic mass is 9.96. The molecule has 15 nitrogen and oxygen atoms in total. The number of benzene rings is 2. The summed E-state index contributed by atoms with van der Waals surface area (Å²) in [5.74, 6) is 0.437. The summed E-state index contributed by atoms with van der Waals surface area (Å²) in [6, 6.07) is 13.7. The van der Waals surface area contributed by atoms with Crippen LogP contribution in [0, 0.1) is 5.41 Å². The summed E-state index contributed by atoms with van der Waals surface area (Å²) < 4.78 is 17.8. The Labute approximate surface area is 297 Å². The molecule has 0 aliphatic carbocycles. The zero-order valence-electron chi connectivity index (χ0n) is 29.9. The van der Waals surface area contributed by atoms with E-state index in [1.165, 1.54) is 18.1 Å². The summed E-state index contributed by atoms with van der Waals surface area (Å²) in [6.45, 7) is 12.5. The predicted octanol–water partition coefficient (Wildman–Crippen LogP) is 5.68. The van der Waals surface area contributed by atoms with E-state index in [1.807, 2.05) is 50.9 Å². The number of carbonyl (C=O) groups excluding carboxylic acids is 2. The Balaban J connectivity index is 0.00000109. The second-order valence-electron chi connectivity index (χ2n) is 12.9. The van der Waals surface area contributed by atoms with E-state index in [0.29, 0.717) is 55.1 Å². The molecule has 0 saturated carbocycles. The summed E-state index contributed by atoms with van der Waals surface area (Å²) in [7, 11) is 4.61. The van der Waals surface area contributed by atoms with E-state index in [1.54, 1.807) is 25.4 Å². The first-order chi connectivity index (χ1) is 24.3. The molecule has 0 saturated heterocycles. The maximum absolute atomic E-state index is 12.5. The summed E-state index contributed by atoms with van der Waals surface area (Å²) in [6.07, 6.45) is 1.17. The SMILES string of the molecule is C=CC(=O)Nc1cc(Nc2nccc(-c3c4n(c5ccccc35)CCOC4)n2)c(OC)cc1N(C)CCN(CC(C)(C)C)C(=O)O.COC(N)=O. The molecule has 2 aromatic carbocycles. The number of methoxy groups -OCH3 is 2. The van der Waals surface area contributed by atoms with Gasteiger partial charge in [0.15, 0.2) is 0 Å². The van der Waals surface area contributed by atoms with Crippen LogP contribution in [0.1, 0.15) is 26.5 Å². The van der Waals surface area contributed by atoms with E-state index in [-0.39, 0.29) is 12.0 Å². The van der Waals surface area contributed by atoms with Crippen LogP contribution in [0.15, 0.2) is 61.3 Å². The molecule has 51 heavy (non-hydrogen) atoms. The predicted molar refractivity (Wildman–Crippen MR) is 197 cm³/mol. The molecule has 1 aliphatic heterocycles. The first kappa shape index (κ1) is 38.0. The summed E-state index contributed by atoms with van der Waals surface area (Å²) in [5.41, 5.74) is 9.85. The fraction of sp³-hybridized carbons (Fsp3) is 0.361. The van der Waals surface area contributed by atoms with Crippen LogP contribution in [0.25, 0.3) is 22.2 Å². The molecule has 0 bridgehead atoms. The highest BCUT2D eigenvalue weighted by atomic mass is 16.5. The number of carbonyl (C=O) groups is 3. The van der Waals surface area contributed by atoms with Gasteiger partial charge in [-0.2, -0.15) is 0 Å². The molecular formula is C36H46N8O7. The number of likely N-dealkylation sites (N-methyl/N-ethyl adjacent to an activating group) is 1. The van der Waals surface area contributed by atoms with Crippen LogP contribution >= 0.6 is 0 Å². The van der Waals surface area contributed by atoms with E-state index in [2.05, 4.69) is 49.4 Å². The molecule has 1 aliphatic rings. The molecule has 272 valence electrons. The Hall–Kier alpha value is -5.83. The van der Waals surface area contributed by atoms with Crippen LogP contribution in [0.4, 0.5) is 32.6 Å². The number of primary amides is 1. The molecule has 2 aromatic heterocycles. The molecule has 4 aromatic rings. The smallest absolute Gasteiger partial charge is 0.407 e. The van der Waals surface area contributed by atoms with Crippen molar-refractivity contribution in [2.45, 2.75) is 33.9 Å². The van der Waals surface area contributed by atoms with Crippen molar-refractivity contribution >= 4 is 52.0 Å². The van der Waals surface area contributed by atoms with E-state index in [0.717, 1.165) is 34.4 Å². The molecule has 0 radical (unpaired) electrons. The van der Waals surface area contributed by atoms with Gasteiger partial charge in [-0.25, -0.2) is 19.6 Å². The van der Waals surface area contributed by atoms with Gasteiger partial charge >= 0.3 is 12.2 Å². The number of rotatable bonds is 11. The Morgan fingerprint density at radius 2 is 1.86 bits per heavy atom. The fourth-order valence-corrected chi connectivity index (χ4v) is 5.69. The molecule has 0 unspecified atom stereocenters. The van der Waals surface area contributed by atoms with Gasteiger partial charge in [0.05, 0.1) is 55.9 Å². The van der Waals surface area contributed by atoms with E-state index in [9.17, 15) is 19.5 Å². The van der Waals surface area contributed by atoms with Crippen molar-refractivity contribution < 1.29 is 33.7 Å². The first-order valence-electron chi connectivity index (χ1n) is 16.2. The van der Waals surface area contributed by atoms with Gasteiger partial charge in [-0.15, -0.1) is 0 Å². The number of nitrogens with one attached hydrogen (secondary N) is 2. The van der Waals surface area contributed by atoms with E-state index >= 15 is 0 Å². The van der Waals surface area contributed by atoms with Crippen molar-refractivity contribution in [3.8, 4) is 17.0 Å². The second-order valence-corrected chi connectivity index (χ2v) is 12.9. The van der Waals surface area contributed by atoms with Gasteiger partial charge in [0.2, 0.25) is 11.9 Å². The quantitative estimate of drug-likeness (QED) is 0.141. The number of aromatic nitrogens is 3. The number of nitrogens with zero attached hydrogens (tertiary/aromatic N) is 5. The third kappa shape index (κ3) is 9.66. The molecule has 3 heterocycles. The molecule has 0 fully saturated rings. The summed E-state index contributed by atoms with van der Waals surface area (Å²) in [5, 5.41) is 17.0. The average Bonchev–Trinajstić information content (AvgIpc) is 3.44. The number of hydrogen-bond donors (Lipinski definition) is 4. The van der Waals surface area contributed by atoms with Gasteiger partial charge in [-0.1, -0.05) is 45.5 Å². The Bertz CT molecular complexity index is 1890. The fourth-order valence-electron chi connectivity index (χ4n) is 5.69. The van der Waals surface area contributed by atoms with Crippen molar-refractivity contribution in [2.24, 2.45) is 11.1 Å². The molecule has 5 N–H and O–H groups in total. The van der Waals surface area contributed by atoms with Crippen LogP contribution < -0.4 is 26.0 Å². The summed E-state index contributed by atoms with van der Waals surface area (Å²) in [4.78, 5) is 46.4. The lowest BCUT2D eigenvalue weighted by molar-refractivity contribution is -0.111. The molecule has 5 rings (SSSR count). The number of ether oxygens (including phenoxy) is 3. The lowest BCUT2D eigenvalue weighted by Gasteiger charge is -2.30. The number of hydrogen-bond acceptors (Lipinski definition) is 10. The van der Waals surface area contributed by atoms with Crippen LogP contribution in [-0.4, -0.2) is 90.1 Å². The Morgan fingerprint density at radius 3 is 2.51 bits per heavy atom. The zero-order chi connectivity index (χ0) is 37.3.